The highest BCUT2D eigenvalue weighted by molar-refractivity contribution is 6.29. The van der Waals surface area contributed by atoms with Crippen molar-refractivity contribution in [2.75, 3.05) is 0 Å². The van der Waals surface area contributed by atoms with Crippen LogP contribution in [0.1, 0.15) is 0 Å². The molecule has 0 fully saturated rings. The third kappa shape index (κ3) is 4.02. The van der Waals surface area contributed by atoms with Crippen molar-refractivity contribution in [2.45, 2.75) is 0 Å². The number of hydrogen-bond acceptors (Lipinski definition) is 3. The Morgan fingerprint density at radius 1 is 0.375 bits per heavy atom. The highest BCUT2D eigenvalue weighted by Gasteiger charge is 2.27. The van der Waals surface area contributed by atoms with Crippen molar-refractivity contribution >= 4 is 76.2 Å². The van der Waals surface area contributed by atoms with Gasteiger partial charge in [0.05, 0.1) is 22.2 Å². The third-order valence-electron chi connectivity index (χ3n) is 11.9. The van der Waals surface area contributed by atoms with Crippen LogP contribution in [-0.4, -0.2) is 14.5 Å². The van der Waals surface area contributed by atoms with E-state index in [9.17, 15) is 0 Å². The number of para-hydroxylation sites is 1. The molecule has 13 rings (SSSR count). The number of rotatable bonds is 3. The number of benzene rings is 9. The van der Waals surface area contributed by atoms with Crippen LogP contribution in [0.3, 0.4) is 0 Å². The average Bonchev–Trinajstić information content (AvgIpc) is 3.91. The van der Waals surface area contributed by atoms with E-state index in [2.05, 4.69) is 168 Å². The van der Waals surface area contributed by atoms with Gasteiger partial charge in [0.1, 0.15) is 11.2 Å². The summed E-state index contributed by atoms with van der Waals surface area (Å²) in [6, 6.07) is 63.0. The molecule has 0 spiro atoms. The molecule has 0 unspecified atom stereocenters. The minimum absolute atomic E-state index is 0.653. The lowest BCUT2D eigenvalue weighted by Crippen LogP contribution is -2.04. The van der Waals surface area contributed by atoms with Gasteiger partial charge in [0.15, 0.2) is 0 Å². The normalized spacial score (nSPS) is 12.3. The van der Waals surface area contributed by atoms with E-state index in [1.807, 2.05) is 12.1 Å². The molecule has 0 amide bonds. The molecule has 0 N–H and O–H groups in total. The standard InChI is InChI=1S/C52H29N3O/c1-2-12-31(13-3-1)50-40-24-21-30-11-4-5-14-34(30)51(40)54-52(53-50)55-44-25-22-32(33-23-26-47-41(27-33)37-17-8-9-20-46(37)56-47)28-43(44)49-39-19-10-18-38-35-15-6-7-16-36(35)42(48(38)39)29-45(49)55/h1-29H. The summed E-state index contributed by atoms with van der Waals surface area (Å²) in [4.78, 5) is 11.0. The molecule has 0 aliphatic heterocycles. The summed E-state index contributed by atoms with van der Waals surface area (Å²) in [7, 11) is 0. The SMILES string of the molecule is c1ccc(-c2nc(-n3c4ccc(-c5ccc6oc7ccccc7c6c5)cc4c4c5cccc6c5c(cc43)-c3ccccc3-6)nc3c2ccc2ccccc23)cc1. The maximum Gasteiger partial charge on any atom is 0.235 e. The summed E-state index contributed by atoms with van der Waals surface area (Å²) in [6.07, 6.45) is 0. The molecule has 0 bridgehead atoms. The molecule has 9 aromatic carbocycles. The molecule has 258 valence electrons. The highest BCUT2D eigenvalue weighted by atomic mass is 16.3. The fraction of sp³-hybridized carbons (Fsp3) is 0. The van der Waals surface area contributed by atoms with Crippen LogP contribution in [0.15, 0.2) is 180 Å². The second-order valence-corrected chi connectivity index (χ2v) is 14.9. The Kier molecular flexibility index (Phi) is 5.86. The lowest BCUT2D eigenvalue weighted by molar-refractivity contribution is 0.669. The molecule has 4 heteroatoms. The van der Waals surface area contributed by atoms with Crippen LogP contribution >= 0.6 is 0 Å². The molecule has 0 atom stereocenters. The summed E-state index contributed by atoms with van der Waals surface area (Å²) >= 11 is 0. The topological polar surface area (TPSA) is 43.9 Å². The summed E-state index contributed by atoms with van der Waals surface area (Å²) in [5.74, 6) is 0.653. The van der Waals surface area contributed by atoms with Gasteiger partial charge in [0.25, 0.3) is 0 Å². The molecular formula is C52H29N3O. The first kappa shape index (κ1) is 29.8. The van der Waals surface area contributed by atoms with Gasteiger partial charge in [-0.1, -0.05) is 133 Å². The Morgan fingerprint density at radius 2 is 1.07 bits per heavy atom. The molecular weight excluding hydrogens is 683 g/mol. The first-order valence-corrected chi connectivity index (χ1v) is 19.1. The van der Waals surface area contributed by atoms with E-state index in [0.717, 1.165) is 82.4 Å². The van der Waals surface area contributed by atoms with Crippen molar-refractivity contribution in [1.29, 1.82) is 0 Å². The van der Waals surface area contributed by atoms with Gasteiger partial charge in [-0.15, -0.1) is 0 Å². The maximum absolute atomic E-state index is 6.21. The molecule has 3 aromatic heterocycles. The predicted octanol–water partition coefficient (Wildman–Crippen LogP) is 13.9. The minimum atomic E-state index is 0.653. The van der Waals surface area contributed by atoms with Gasteiger partial charge in [-0.2, -0.15) is 0 Å². The molecule has 1 aliphatic carbocycles. The van der Waals surface area contributed by atoms with Crippen LogP contribution in [0.25, 0.3) is 127 Å². The van der Waals surface area contributed by atoms with Crippen molar-refractivity contribution in [3.63, 3.8) is 0 Å². The Morgan fingerprint density at radius 3 is 1.96 bits per heavy atom. The zero-order valence-electron chi connectivity index (χ0n) is 30.0. The second-order valence-electron chi connectivity index (χ2n) is 14.9. The van der Waals surface area contributed by atoms with Crippen molar-refractivity contribution in [1.82, 2.24) is 14.5 Å². The van der Waals surface area contributed by atoms with E-state index in [1.54, 1.807) is 0 Å². The van der Waals surface area contributed by atoms with E-state index >= 15 is 0 Å². The summed E-state index contributed by atoms with van der Waals surface area (Å²) in [6.45, 7) is 0. The summed E-state index contributed by atoms with van der Waals surface area (Å²) in [5.41, 5.74) is 14.2. The molecule has 1 aliphatic rings. The Balaban J connectivity index is 1.16. The van der Waals surface area contributed by atoms with Crippen LogP contribution < -0.4 is 0 Å². The van der Waals surface area contributed by atoms with Gasteiger partial charge in [-0.3, -0.25) is 4.57 Å². The summed E-state index contributed by atoms with van der Waals surface area (Å²) < 4.78 is 8.51. The minimum Gasteiger partial charge on any atom is -0.456 e. The Labute approximate surface area is 320 Å². The fourth-order valence-electron chi connectivity index (χ4n) is 9.45. The van der Waals surface area contributed by atoms with Gasteiger partial charge in [-0.05, 0) is 92.0 Å². The molecule has 56 heavy (non-hydrogen) atoms. The largest absolute Gasteiger partial charge is 0.456 e. The zero-order chi connectivity index (χ0) is 36.5. The number of furan rings is 1. The highest BCUT2D eigenvalue weighted by Crippen LogP contribution is 2.51. The van der Waals surface area contributed by atoms with Crippen molar-refractivity contribution < 1.29 is 4.42 Å². The number of nitrogens with zero attached hydrogens (tertiary/aromatic N) is 3. The lowest BCUT2D eigenvalue weighted by atomic mass is 9.96. The Bertz CT molecular complexity index is 3650. The van der Waals surface area contributed by atoms with Crippen LogP contribution in [0.2, 0.25) is 0 Å². The van der Waals surface area contributed by atoms with Crippen molar-refractivity contribution in [3.8, 4) is 50.6 Å². The van der Waals surface area contributed by atoms with Crippen LogP contribution in [0.4, 0.5) is 0 Å². The lowest BCUT2D eigenvalue weighted by Gasteiger charge is -2.14. The van der Waals surface area contributed by atoms with Crippen LogP contribution in [0, 0.1) is 0 Å². The van der Waals surface area contributed by atoms with E-state index in [1.165, 1.54) is 38.4 Å². The quantitative estimate of drug-likeness (QED) is 0.171. The molecule has 0 saturated heterocycles. The van der Waals surface area contributed by atoms with Crippen molar-refractivity contribution in [3.05, 3.63) is 176 Å². The number of fused-ring (bicyclic) bond motifs is 13. The Hall–Kier alpha value is -7.56. The molecule has 4 nitrogen and oxygen atoms in total. The van der Waals surface area contributed by atoms with Gasteiger partial charge >= 0.3 is 0 Å². The van der Waals surface area contributed by atoms with Crippen LogP contribution in [-0.2, 0) is 0 Å². The smallest absolute Gasteiger partial charge is 0.235 e. The molecule has 0 saturated carbocycles. The van der Waals surface area contributed by atoms with Crippen LogP contribution in [0.5, 0.6) is 0 Å². The number of hydrogen-bond donors (Lipinski definition) is 0. The predicted molar refractivity (Wildman–Crippen MR) is 231 cm³/mol. The van der Waals surface area contributed by atoms with Gasteiger partial charge in [-0.25, -0.2) is 9.97 Å². The summed E-state index contributed by atoms with van der Waals surface area (Å²) in [5, 5.41) is 10.4. The number of aromatic nitrogens is 3. The molecule has 3 heterocycles. The molecule has 12 aromatic rings. The monoisotopic (exact) mass is 711 g/mol. The third-order valence-corrected chi connectivity index (χ3v) is 11.9. The first-order chi connectivity index (χ1) is 27.8. The van der Waals surface area contributed by atoms with E-state index < -0.39 is 0 Å². The van der Waals surface area contributed by atoms with E-state index in [0.29, 0.717) is 5.95 Å². The van der Waals surface area contributed by atoms with Crippen molar-refractivity contribution in [2.24, 2.45) is 0 Å². The first-order valence-electron chi connectivity index (χ1n) is 19.1. The maximum atomic E-state index is 6.21. The van der Waals surface area contributed by atoms with Gasteiger partial charge in [0, 0.05) is 37.9 Å². The second kappa shape index (κ2) is 11.0. The van der Waals surface area contributed by atoms with E-state index in [4.69, 9.17) is 14.4 Å². The van der Waals surface area contributed by atoms with Gasteiger partial charge < -0.3 is 4.42 Å². The zero-order valence-corrected chi connectivity index (χ0v) is 30.0. The van der Waals surface area contributed by atoms with E-state index in [-0.39, 0.29) is 0 Å². The fourth-order valence-corrected chi connectivity index (χ4v) is 9.45. The van der Waals surface area contributed by atoms with Gasteiger partial charge in [0.2, 0.25) is 5.95 Å². The average molecular weight is 712 g/mol. The molecule has 0 radical (unpaired) electrons.